The van der Waals surface area contributed by atoms with E-state index in [1.807, 2.05) is 48.5 Å². The van der Waals surface area contributed by atoms with E-state index in [0.29, 0.717) is 15.8 Å². The zero-order valence-corrected chi connectivity index (χ0v) is 19.6. The summed E-state index contributed by atoms with van der Waals surface area (Å²) in [5.41, 5.74) is 3.79. The lowest BCUT2D eigenvalue weighted by molar-refractivity contribution is -0.402. The predicted molar refractivity (Wildman–Crippen MR) is 136 cm³/mol. The molecule has 1 saturated heterocycles. The van der Waals surface area contributed by atoms with Gasteiger partial charge in [-0.2, -0.15) is 0 Å². The molecule has 0 aliphatic carbocycles. The first-order chi connectivity index (χ1) is 16.5. The maximum absolute atomic E-state index is 13.5. The molecule has 3 aromatic rings. The number of amidine groups is 1. The van der Waals surface area contributed by atoms with Crippen LogP contribution in [-0.2, 0) is 17.6 Å². The number of furan rings is 1. The number of thioether (sulfide) groups is 1. The molecule has 7 nitrogen and oxygen atoms in total. The summed E-state index contributed by atoms with van der Waals surface area (Å²) in [6.45, 7) is 4.13. The minimum atomic E-state index is -0.591. The Labute approximate surface area is 201 Å². The van der Waals surface area contributed by atoms with E-state index in [2.05, 4.69) is 13.8 Å². The smallest absolute Gasteiger partial charge is 0.401 e. The molecule has 1 aliphatic heterocycles. The van der Waals surface area contributed by atoms with Crippen LogP contribution in [0.1, 0.15) is 30.7 Å². The summed E-state index contributed by atoms with van der Waals surface area (Å²) in [6, 6.07) is 18.5. The molecular weight excluding hydrogens is 450 g/mol. The highest BCUT2D eigenvalue weighted by Crippen LogP contribution is 2.38. The fourth-order valence-electron chi connectivity index (χ4n) is 3.59. The Kier molecular flexibility index (Phi) is 7.08. The summed E-state index contributed by atoms with van der Waals surface area (Å²) in [6.07, 6.45) is 6.52. The SMILES string of the molecule is CCc1ccccc1N=C1S/C(=C/C=C/c2ccc([N+](=O)[O-])o2)C(=O)N1c1ccccc1CC. The number of para-hydroxylation sites is 2. The number of rotatable bonds is 7. The number of nitro groups is 1. The van der Waals surface area contributed by atoms with Crippen molar-refractivity contribution in [3.05, 3.63) is 105 Å². The maximum Gasteiger partial charge on any atom is 0.433 e. The molecule has 4 rings (SSSR count). The zero-order valence-electron chi connectivity index (χ0n) is 18.8. The van der Waals surface area contributed by atoms with Crippen molar-refractivity contribution in [2.24, 2.45) is 4.99 Å². The zero-order chi connectivity index (χ0) is 24.1. The normalized spacial score (nSPS) is 16.3. The van der Waals surface area contributed by atoms with Crippen LogP contribution < -0.4 is 4.90 Å². The molecular formula is C26H23N3O4S. The van der Waals surface area contributed by atoms with Crippen LogP contribution in [0.2, 0.25) is 0 Å². The molecule has 0 saturated carbocycles. The number of anilines is 1. The van der Waals surface area contributed by atoms with E-state index in [0.717, 1.165) is 35.3 Å². The first-order valence-electron chi connectivity index (χ1n) is 10.9. The Morgan fingerprint density at radius 3 is 2.44 bits per heavy atom. The number of nitrogens with zero attached hydrogens (tertiary/aromatic N) is 3. The van der Waals surface area contributed by atoms with Gasteiger partial charge >= 0.3 is 5.88 Å². The van der Waals surface area contributed by atoms with Crippen molar-refractivity contribution >= 4 is 46.2 Å². The lowest BCUT2D eigenvalue weighted by Crippen LogP contribution is -2.29. The van der Waals surface area contributed by atoms with Crippen molar-refractivity contribution in [2.45, 2.75) is 26.7 Å². The number of amides is 1. The van der Waals surface area contributed by atoms with E-state index in [1.165, 1.54) is 23.9 Å². The molecule has 0 spiro atoms. The number of benzene rings is 2. The largest absolute Gasteiger partial charge is 0.433 e. The van der Waals surface area contributed by atoms with E-state index in [1.54, 1.807) is 23.1 Å². The lowest BCUT2D eigenvalue weighted by Gasteiger charge is -2.19. The van der Waals surface area contributed by atoms with E-state index < -0.39 is 4.92 Å². The van der Waals surface area contributed by atoms with Crippen LogP contribution in [0.4, 0.5) is 17.3 Å². The number of aryl methyl sites for hydroxylation is 2. The monoisotopic (exact) mass is 473 g/mol. The second kappa shape index (κ2) is 10.4. The number of hydrogen-bond donors (Lipinski definition) is 0. The summed E-state index contributed by atoms with van der Waals surface area (Å²) in [5.74, 6) is -0.170. The lowest BCUT2D eigenvalue weighted by atomic mass is 10.1. The van der Waals surface area contributed by atoms with Gasteiger partial charge in [0.2, 0.25) is 0 Å². The van der Waals surface area contributed by atoms with Crippen molar-refractivity contribution in [1.29, 1.82) is 0 Å². The number of aliphatic imine (C=N–C) groups is 1. The molecule has 0 bridgehead atoms. The average Bonchev–Trinajstić information content (AvgIpc) is 3.44. The number of carbonyl (C=O) groups is 1. The van der Waals surface area contributed by atoms with Crippen molar-refractivity contribution in [1.82, 2.24) is 0 Å². The van der Waals surface area contributed by atoms with Crippen molar-refractivity contribution in [3.63, 3.8) is 0 Å². The topological polar surface area (TPSA) is 89.0 Å². The van der Waals surface area contributed by atoms with E-state index in [4.69, 9.17) is 9.41 Å². The van der Waals surface area contributed by atoms with Gasteiger partial charge in [0.15, 0.2) is 5.17 Å². The highest BCUT2D eigenvalue weighted by molar-refractivity contribution is 8.19. The molecule has 2 aromatic carbocycles. The fraction of sp³-hybridized carbons (Fsp3) is 0.154. The summed E-state index contributed by atoms with van der Waals surface area (Å²) < 4.78 is 5.14. The highest BCUT2D eigenvalue weighted by atomic mass is 32.2. The summed E-state index contributed by atoms with van der Waals surface area (Å²) in [5, 5.41) is 11.4. The molecule has 0 atom stereocenters. The molecule has 1 amide bonds. The molecule has 0 N–H and O–H groups in total. The minimum Gasteiger partial charge on any atom is -0.401 e. The Morgan fingerprint density at radius 2 is 1.74 bits per heavy atom. The molecule has 1 fully saturated rings. The van der Waals surface area contributed by atoms with Gasteiger partial charge in [-0.1, -0.05) is 56.3 Å². The molecule has 172 valence electrons. The van der Waals surface area contributed by atoms with E-state index >= 15 is 0 Å². The first kappa shape index (κ1) is 23.3. The van der Waals surface area contributed by atoms with Crippen LogP contribution >= 0.6 is 11.8 Å². The van der Waals surface area contributed by atoms with Gasteiger partial charge in [0.1, 0.15) is 10.7 Å². The standard InChI is InChI=1S/C26H23N3O4S/c1-3-18-10-5-7-13-21(18)27-26-28(22-14-8-6-11-19(22)4-2)25(30)23(34-26)15-9-12-20-16-17-24(33-20)29(31)32/h5-17H,3-4H2,1-2H3/b12-9+,23-15+,27-26?. The summed E-state index contributed by atoms with van der Waals surface area (Å²) in [7, 11) is 0. The maximum atomic E-state index is 13.5. The van der Waals surface area contributed by atoms with Crippen molar-refractivity contribution < 1.29 is 14.1 Å². The second-order valence-corrected chi connectivity index (χ2v) is 8.43. The molecule has 1 aromatic heterocycles. The highest BCUT2D eigenvalue weighted by Gasteiger charge is 2.35. The number of allylic oxidation sites excluding steroid dienone is 2. The molecule has 34 heavy (non-hydrogen) atoms. The third-order valence-electron chi connectivity index (χ3n) is 5.31. The van der Waals surface area contributed by atoms with Crippen LogP contribution in [-0.4, -0.2) is 16.0 Å². The van der Waals surface area contributed by atoms with E-state index in [-0.39, 0.29) is 11.8 Å². The van der Waals surface area contributed by atoms with Gasteiger partial charge in [-0.3, -0.25) is 19.8 Å². The third kappa shape index (κ3) is 4.87. The van der Waals surface area contributed by atoms with Crippen LogP contribution in [0.3, 0.4) is 0 Å². The Hall–Kier alpha value is -3.91. The summed E-state index contributed by atoms with van der Waals surface area (Å²) in [4.78, 5) is 30.7. The van der Waals surface area contributed by atoms with Crippen molar-refractivity contribution in [3.8, 4) is 0 Å². The van der Waals surface area contributed by atoms with Gasteiger partial charge in [-0.15, -0.1) is 0 Å². The first-order valence-corrected chi connectivity index (χ1v) is 11.7. The predicted octanol–water partition coefficient (Wildman–Crippen LogP) is 6.68. The minimum absolute atomic E-state index is 0.172. The van der Waals surface area contributed by atoms with Gasteiger partial charge in [-0.05, 0) is 66.1 Å². The molecule has 2 heterocycles. The van der Waals surface area contributed by atoms with Gasteiger partial charge in [0, 0.05) is 0 Å². The van der Waals surface area contributed by atoms with Crippen LogP contribution in [0.15, 0.2) is 87.1 Å². The Bertz CT molecular complexity index is 1320. The van der Waals surface area contributed by atoms with Crippen LogP contribution in [0.25, 0.3) is 6.08 Å². The molecule has 0 radical (unpaired) electrons. The Morgan fingerprint density at radius 1 is 1.03 bits per heavy atom. The Balaban J connectivity index is 1.72. The molecule has 8 heteroatoms. The number of carbonyl (C=O) groups excluding carboxylic acids is 1. The van der Waals surface area contributed by atoms with Gasteiger partial charge in [0.05, 0.1) is 22.3 Å². The number of hydrogen-bond acceptors (Lipinski definition) is 6. The quantitative estimate of drug-likeness (QED) is 0.217. The van der Waals surface area contributed by atoms with Crippen LogP contribution in [0.5, 0.6) is 0 Å². The second-order valence-electron chi connectivity index (χ2n) is 7.42. The van der Waals surface area contributed by atoms with Crippen LogP contribution in [0, 0.1) is 10.1 Å². The third-order valence-corrected chi connectivity index (χ3v) is 6.30. The fourth-order valence-corrected chi connectivity index (χ4v) is 4.52. The van der Waals surface area contributed by atoms with Gasteiger partial charge in [-0.25, -0.2) is 4.99 Å². The molecule has 1 aliphatic rings. The van der Waals surface area contributed by atoms with Gasteiger partial charge < -0.3 is 4.42 Å². The average molecular weight is 474 g/mol. The van der Waals surface area contributed by atoms with Gasteiger partial charge in [0.25, 0.3) is 5.91 Å². The van der Waals surface area contributed by atoms with E-state index in [9.17, 15) is 14.9 Å². The van der Waals surface area contributed by atoms with Crippen molar-refractivity contribution in [2.75, 3.05) is 4.90 Å². The summed E-state index contributed by atoms with van der Waals surface area (Å²) >= 11 is 1.30. The molecule has 0 unspecified atom stereocenters.